The lowest BCUT2D eigenvalue weighted by Gasteiger charge is -2.32. The van der Waals surface area contributed by atoms with Crippen molar-refractivity contribution in [1.82, 2.24) is 9.21 Å². The lowest BCUT2D eigenvalue weighted by Crippen LogP contribution is -2.56. The second kappa shape index (κ2) is 13.3. The predicted octanol–water partition coefficient (Wildman–Crippen LogP) is 2.92. The van der Waals surface area contributed by atoms with E-state index in [1.165, 1.54) is 31.4 Å². The van der Waals surface area contributed by atoms with Gasteiger partial charge in [-0.2, -0.15) is 0 Å². The van der Waals surface area contributed by atoms with E-state index in [4.69, 9.17) is 9.47 Å². The van der Waals surface area contributed by atoms with Crippen LogP contribution in [0.1, 0.15) is 37.7 Å². The molecule has 1 aliphatic carbocycles. The number of ether oxygens (including phenoxy) is 2. The van der Waals surface area contributed by atoms with Crippen LogP contribution in [-0.2, 0) is 35.6 Å². The third-order valence-electron chi connectivity index (χ3n) is 7.62. The Morgan fingerprint density at radius 3 is 2.22 bits per heavy atom. The van der Waals surface area contributed by atoms with E-state index in [2.05, 4.69) is 0 Å². The number of sulfonamides is 1. The summed E-state index contributed by atoms with van der Waals surface area (Å²) in [6, 6.07) is 11.6. The highest BCUT2D eigenvalue weighted by atomic mass is 32.2. The fraction of sp³-hybridized carbons (Fsp3) is 0.448. The van der Waals surface area contributed by atoms with E-state index in [1.54, 1.807) is 30.3 Å². The molecule has 2 aromatic carbocycles. The first-order valence-corrected chi connectivity index (χ1v) is 15.0. The van der Waals surface area contributed by atoms with Gasteiger partial charge in [-0.3, -0.25) is 19.3 Å². The van der Waals surface area contributed by atoms with Crippen LogP contribution in [0.3, 0.4) is 0 Å². The van der Waals surface area contributed by atoms with Gasteiger partial charge in [0.15, 0.2) is 0 Å². The maximum atomic E-state index is 13.7. The van der Waals surface area contributed by atoms with E-state index in [0.29, 0.717) is 34.9 Å². The molecule has 41 heavy (non-hydrogen) atoms. The van der Waals surface area contributed by atoms with E-state index >= 15 is 0 Å². The monoisotopic (exact) mass is 586 g/mol. The minimum Gasteiger partial charge on any atom is -0.497 e. The minimum absolute atomic E-state index is 0.0344. The standard InChI is InChI=1S/C29H34N2O9S/c1-39-23-11-13-24(14-12-23)41(37,38)30(18-21-9-5-6-10-21)28(34)27(33)26(32)25(17-20-7-3-2-4-8-20)31(29(35)36)22-15-16-40-19-22/h2-4,7-8,11-14,21-22,25H,5-6,9-10,15-19H2,1H3,(H,35,36)/t22-,25+/m0/s1. The first kappa shape index (κ1) is 30.2. The Bertz CT molecular complexity index is 1350. The summed E-state index contributed by atoms with van der Waals surface area (Å²) in [4.78, 5) is 53.9. The van der Waals surface area contributed by atoms with Crippen LogP contribution >= 0.6 is 0 Å². The van der Waals surface area contributed by atoms with Crippen molar-refractivity contribution < 1.29 is 42.2 Å². The summed E-state index contributed by atoms with van der Waals surface area (Å²) in [5, 5.41) is 10.1. The number of nitrogens with zero attached hydrogens (tertiary/aromatic N) is 2. The maximum Gasteiger partial charge on any atom is 0.408 e. The van der Waals surface area contributed by atoms with E-state index in [-0.39, 0.29) is 37.0 Å². The molecule has 4 rings (SSSR count). The summed E-state index contributed by atoms with van der Waals surface area (Å²) in [5.41, 5.74) is 0.574. The first-order chi connectivity index (χ1) is 19.6. The van der Waals surface area contributed by atoms with Gasteiger partial charge in [-0.05, 0) is 55.0 Å². The van der Waals surface area contributed by atoms with Crippen LogP contribution in [0.5, 0.6) is 5.75 Å². The van der Waals surface area contributed by atoms with E-state index in [9.17, 15) is 32.7 Å². The van der Waals surface area contributed by atoms with Crippen LogP contribution in [0, 0.1) is 5.92 Å². The Kier molecular flexibility index (Phi) is 9.77. The smallest absolute Gasteiger partial charge is 0.408 e. The number of ketones is 2. The van der Waals surface area contributed by atoms with Crippen molar-refractivity contribution in [2.24, 2.45) is 5.92 Å². The van der Waals surface area contributed by atoms with Crippen molar-refractivity contribution in [3.05, 3.63) is 60.2 Å². The summed E-state index contributed by atoms with van der Waals surface area (Å²) in [6.45, 7) is 0.0597. The second-order valence-electron chi connectivity index (χ2n) is 10.3. The molecule has 11 nitrogen and oxygen atoms in total. The lowest BCUT2D eigenvalue weighted by atomic mass is 9.96. The van der Waals surface area contributed by atoms with E-state index < -0.39 is 45.7 Å². The average Bonchev–Trinajstić information content (AvgIpc) is 3.70. The molecule has 0 spiro atoms. The number of benzene rings is 2. The molecule has 12 heteroatoms. The van der Waals surface area contributed by atoms with E-state index in [1.807, 2.05) is 0 Å². The van der Waals surface area contributed by atoms with Crippen LogP contribution in [-0.4, -0.2) is 85.2 Å². The van der Waals surface area contributed by atoms with Crippen molar-refractivity contribution in [3.63, 3.8) is 0 Å². The number of carbonyl (C=O) groups is 4. The molecular formula is C29H34N2O9S. The largest absolute Gasteiger partial charge is 0.497 e. The molecule has 1 aliphatic heterocycles. The summed E-state index contributed by atoms with van der Waals surface area (Å²) < 4.78 is 38.3. The average molecular weight is 587 g/mol. The second-order valence-corrected chi connectivity index (χ2v) is 12.1. The molecule has 1 saturated heterocycles. The Morgan fingerprint density at radius 1 is 1.00 bits per heavy atom. The van der Waals surface area contributed by atoms with E-state index in [0.717, 1.165) is 17.7 Å². The molecule has 0 aromatic heterocycles. The van der Waals surface area contributed by atoms with Crippen molar-refractivity contribution in [2.45, 2.75) is 55.5 Å². The number of amides is 2. The van der Waals surface area contributed by atoms with Gasteiger partial charge in [-0.25, -0.2) is 17.5 Å². The predicted molar refractivity (Wildman–Crippen MR) is 147 cm³/mol. The number of methoxy groups -OCH3 is 1. The third kappa shape index (κ3) is 6.94. The maximum absolute atomic E-state index is 13.7. The van der Waals surface area contributed by atoms with Crippen LogP contribution in [0.25, 0.3) is 0 Å². The van der Waals surface area contributed by atoms with Crippen molar-refractivity contribution in [3.8, 4) is 5.75 Å². The summed E-state index contributed by atoms with van der Waals surface area (Å²) in [7, 11) is -3.10. The Hall–Kier alpha value is -3.77. The van der Waals surface area contributed by atoms with Gasteiger partial charge in [-0.1, -0.05) is 43.2 Å². The third-order valence-corrected chi connectivity index (χ3v) is 9.38. The topological polar surface area (TPSA) is 148 Å². The molecule has 0 unspecified atom stereocenters. The van der Waals surface area contributed by atoms with Gasteiger partial charge < -0.3 is 14.6 Å². The van der Waals surface area contributed by atoms with Crippen molar-refractivity contribution in [1.29, 1.82) is 0 Å². The molecule has 0 radical (unpaired) electrons. The summed E-state index contributed by atoms with van der Waals surface area (Å²) >= 11 is 0. The molecule has 1 heterocycles. The van der Waals surface area contributed by atoms with Gasteiger partial charge in [0.25, 0.3) is 15.8 Å². The van der Waals surface area contributed by atoms with Crippen LogP contribution in [0.2, 0.25) is 0 Å². The fourth-order valence-electron chi connectivity index (χ4n) is 5.40. The fourth-order valence-corrected chi connectivity index (χ4v) is 6.85. The van der Waals surface area contributed by atoms with Gasteiger partial charge in [0.1, 0.15) is 11.8 Å². The lowest BCUT2D eigenvalue weighted by molar-refractivity contribution is -0.149. The summed E-state index contributed by atoms with van der Waals surface area (Å²) in [5.74, 6) is -4.12. The van der Waals surface area contributed by atoms with Gasteiger partial charge in [0.2, 0.25) is 5.78 Å². The zero-order valence-corrected chi connectivity index (χ0v) is 23.6. The number of hydrogen-bond donors (Lipinski definition) is 1. The highest BCUT2D eigenvalue weighted by molar-refractivity contribution is 7.89. The number of rotatable bonds is 12. The molecule has 2 amide bonds. The highest BCUT2D eigenvalue weighted by Crippen LogP contribution is 2.29. The molecule has 220 valence electrons. The molecule has 0 bridgehead atoms. The van der Waals surface area contributed by atoms with Gasteiger partial charge in [-0.15, -0.1) is 0 Å². The number of carboxylic acid groups (broad SMARTS) is 1. The quantitative estimate of drug-likeness (QED) is 0.293. The van der Waals surface area contributed by atoms with Crippen LogP contribution in [0.4, 0.5) is 4.79 Å². The molecular weight excluding hydrogens is 552 g/mol. The number of hydrogen-bond acceptors (Lipinski definition) is 8. The molecule has 2 aliphatic rings. The minimum atomic E-state index is -4.52. The van der Waals surface area contributed by atoms with Gasteiger partial charge in [0.05, 0.1) is 24.7 Å². The molecule has 1 saturated carbocycles. The van der Waals surface area contributed by atoms with Crippen LogP contribution in [0.15, 0.2) is 59.5 Å². The first-order valence-electron chi connectivity index (χ1n) is 13.6. The van der Waals surface area contributed by atoms with Crippen molar-refractivity contribution in [2.75, 3.05) is 26.9 Å². The van der Waals surface area contributed by atoms with Crippen molar-refractivity contribution >= 4 is 33.6 Å². The zero-order valence-electron chi connectivity index (χ0n) is 22.8. The van der Waals surface area contributed by atoms with Gasteiger partial charge >= 0.3 is 12.0 Å². The highest BCUT2D eigenvalue weighted by Gasteiger charge is 2.44. The Balaban J connectivity index is 1.68. The number of carbonyl (C=O) groups excluding carboxylic acids is 3. The van der Waals surface area contributed by atoms with Gasteiger partial charge in [0, 0.05) is 19.6 Å². The SMILES string of the molecule is COc1ccc(S(=O)(=O)N(CC2CCCC2)C(=O)C(=O)C(=O)[C@@H](Cc2ccccc2)N(C(=O)O)[C@H]2CCOC2)cc1. The molecule has 1 N–H and O–H groups in total. The molecule has 2 aromatic rings. The summed E-state index contributed by atoms with van der Waals surface area (Å²) in [6.07, 6.45) is 1.77. The molecule has 2 atom stereocenters. The Morgan fingerprint density at radius 2 is 1.66 bits per heavy atom. The zero-order chi connectivity index (χ0) is 29.6. The van der Waals surface area contributed by atoms with Crippen LogP contribution < -0.4 is 4.74 Å². The normalized spacial score (nSPS) is 18.0. The number of Topliss-reactive ketones (excluding diaryl/α,β-unsaturated/α-hetero) is 2. The molecule has 2 fully saturated rings. The Labute approximate surface area is 239 Å².